The molecule has 0 spiro atoms. The Hall–Kier alpha value is -3.83. The van der Waals surface area contributed by atoms with E-state index in [0.29, 0.717) is 24.9 Å². The van der Waals surface area contributed by atoms with Gasteiger partial charge in [-0.2, -0.15) is 0 Å². The van der Waals surface area contributed by atoms with Gasteiger partial charge in [0.15, 0.2) is 5.96 Å². The van der Waals surface area contributed by atoms with Gasteiger partial charge in [0, 0.05) is 25.9 Å². The summed E-state index contributed by atoms with van der Waals surface area (Å²) in [5.74, 6) is -2.87. The summed E-state index contributed by atoms with van der Waals surface area (Å²) in [6, 6.07) is 3.93. The number of benzene rings is 1. The van der Waals surface area contributed by atoms with Gasteiger partial charge in [-0.15, -0.1) is 0 Å². The third-order valence-corrected chi connectivity index (χ3v) is 4.83. The Morgan fingerprint density at radius 3 is 2.12 bits per heavy atom. The third-order valence-electron chi connectivity index (χ3n) is 4.83. The number of nitrogens with two attached hydrogens (primary N) is 3. The fraction of sp³-hybridized carbons (Fsp3) is 0.476. The zero-order chi connectivity index (χ0) is 25.0. The second-order valence-corrected chi connectivity index (χ2v) is 7.63. The molecule has 0 fully saturated rings. The molecular weight excluding hydrogens is 430 g/mol. The molecule has 0 bridgehead atoms. The summed E-state index contributed by atoms with van der Waals surface area (Å²) < 4.78 is 0. The van der Waals surface area contributed by atoms with E-state index < -0.39 is 48.1 Å². The first-order valence-corrected chi connectivity index (χ1v) is 10.5. The van der Waals surface area contributed by atoms with Crippen LogP contribution in [0.15, 0.2) is 29.3 Å². The van der Waals surface area contributed by atoms with Crippen LogP contribution in [0.5, 0.6) is 5.75 Å². The number of likely N-dealkylation sites (N-methyl/N-ethyl adjacent to an activating group) is 1. The molecule has 0 radical (unpaired) electrons. The van der Waals surface area contributed by atoms with Crippen LogP contribution in [0, 0.1) is 5.92 Å². The second kappa shape index (κ2) is 13.6. The largest absolute Gasteiger partial charge is 0.508 e. The van der Waals surface area contributed by atoms with E-state index in [1.807, 2.05) is 0 Å². The molecule has 12 nitrogen and oxygen atoms in total. The van der Waals surface area contributed by atoms with Crippen LogP contribution in [0.2, 0.25) is 0 Å². The van der Waals surface area contributed by atoms with E-state index in [0.717, 1.165) is 0 Å². The third kappa shape index (κ3) is 10.4. The summed E-state index contributed by atoms with van der Waals surface area (Å²) in [5, 5.41) is 17.0. The quantitative estimate of drug-likeness (QED) is 0.101. The number of phenols is 1. The van der Waals surface area contributed by atoms with Crippen molar-refractivity contribution in [1.82, 2.24) is 16.0 Å². The van der Waals surface area contributed by atoms with Crippen LogP contribution in [0.25, 0.3) is 0 Å². The number of carbonyl (C=O) groups excluding carboxylic acids is 4. The van der Waals surface area contributed by atoms with E-state index in [1.165, 1.54) is 19.2 Å². The molecule has 0 aliphatic rings. The number of guanidine groups is 1. The minimum atomic E-state index is -1.25. The van der Waals surface area contributed by atoms with Crippen molar-refractivity contribution in [3.63, 3.8) is 0 Å². The molecule has 0 saturated heterocycles. The van der Waals surface area contributed by atoms with E-state index in [1.54, 1.807) is 19.1 Å². The molecule has 182 valence electrons. The molecule has 1 aromatic carbocycles. The molecule has 0 aliphatic heterocycles. The minimum absolute atomic E-state index is 0.0386. The summed E-state index contributed by atoms with van der Waals surface area (Å²) in [6.45, 7) is 2.03. The average molecular weight is 464 g/mol. The fourth-order valence-electron chi connectivity index (χ4n) is 2.98. The average Bonchev–Trinajstić information content (AvgIpc) is 2.75. The molecule has 4 amide bonds. The van der Waals surface area contributed by atoms with Crippen molar-refractivity contribution >= 4 is 29.6 Å². The highest BCUT2D eigenvalue weighted by Gasteiger charge is 2.29. The first kappa shape index (κ1) is 27.2. The van der Waals surface area contributed by atoms with Crippen molar-refractivity contribution in [2.45, 2.75) is 44.7 Å². The summed E-state index contributed by atoms with van der Waals surface area (Å²) in [6.07, 6.45) is 0.696. The summed E-state index contributed by atoms with van der Waals surface area (Å²) in [5.41, 5.74) is 16.5. The Kier molecular flexibility index (Phi) is 11.2. The Balaban J connectivity index is 2.84. The predicted octanol–water partition coefficient (Wildman–Crippen LogP) is -1.78. The maximum atomic E-state index is 12.8. The van der Waals surface area contributed by atoms with E-state index in [-0.39, 0.29) is 18.1 Å². The summed E-state index contributed by atoms with van der Waals surface area (Å²) in [7, 11) is 1.42. The lowest BCUT2D eigenvalue weighted by Crippen LogP contribution is -2.55. The minimum Gasteiger partial charge on any atom is -0.508 e. The van der Waals surface area contributed by atoms with Gasteiger partial charge in [0.2, 0.25) is 23.6 Å². The maximum Gasteiger partial charge on any atom is 0.243 e. The lowest BCUT2D eigenvalue weighted by Gasteiger charge is -2.23. The molecule has 0 aliphatic carbocycles. The maximum absolute atomic E-state index is 12.8. The van der Waals surface area contributed by atoms with Gasteiger partial charge in [0.05, 0.1) is 6.42 Å². The van der Waals surface area contributed by atoms with Crippen molar-refractivity contribution in [3.8, 4) is 5.75 Å². The monoisotopic (exact) mass is 463 g/mol. The number of amides is 4. The molecule has 0 unspecified atom stereocenters. The number of carbonyl (C=O) groups is 4. The number of hydrogen-bond acceptors (Lipinski definition) is 6. The highest BCUT2D eigenvalue weighted by atomic mass is 16.3. The van der Waals surface area contributed by atoms with Crippen molar-refractivity contribution in [1.29, 1.82) is 0 Å². The first-order chi connectivity index (χ1) is 15.5. The van der Waals surface area contributed by atoms with Crippen LogP contribution in [0.3, 0.4) is 0 Å². The smallest absolute Gasteiger partial charge is 0.243 e. The summed E-state index contributed by atoms with van der Waals surface area (Å²) >= 11 is 0. The highest BCUT2D eigenvalue weighted by Crippen LogP contribution is 2.12. The van der Waals surface area contributed by atoms with Crippen LogP contribution >= 0.6 is 0 Å². The van der Waals surface area contributed by atoms with Gasteiger partial charge < -0.3 is 38.3 Å². The number of rotatable bonds is 13. The zero-order valence-electron chi connectivity index (χ0n) is 18.8. The lowest BCUT2D eigenvalue weighted by atomic mass is 10.0. The van der Waals surface area contributed by atoms with Gasteiger partial charge in [-0.1, -0.05) is 19.1 Å². The van der Waals surface area contributed by atoms with Crippen LogP contribution in [-0.2, 0) is 25.6 Å². The molecule has 3 atom stereocenters. The number of aromatic hydroxyl groups is 1. The molecule has 10 N–H and O–H groups in total. The van der Waals surface area contributed by atoms with E-state index in [2.05, 4.69) is 20.9 Å². The van der Waals surface area contributed by atoms with Gasteiger partial charge in [0.25, 0.3) is 0 Å². The van der Waals surface area contributed by atoms with Gasteiger partial charge in [-0.3, -0.25) is 24.2 Å². The van der Waals surface area contributed by atoms with E-state index in [9.17, 15) is 24.3 Å². The molecule has 33 heavy (non-hydrogen) atoms. The SMILES string of the molecule is CNC(=O)[C@H](Cc1ccc(O)cc1)NC(=O)[C@@H](CC(N)=O)NC(=O)[C@@H](C)CCCN=C(N)N. The number of aliphatic imine (C=N–C) groups is 1. The number of nitrogens with zero attached hydrogens (tertiary/aromatic N) is 1. The lowest BCUT2D eigenvalue weighted by molar-refractivity contribution is -0.134. The fourth-order valence-corrected chi connectivity index (χ4v) is 2.98. The van der Waals surface area contributed by atoms with Crippen LogP contribution in [0.4, 0.5) is 0 Å². The standard InChI is InChI=1S/C21H33N7O5/c1-12(4-3-9-26-21(23)24)18(31)27-16(11-17(22)30)20(33)28-15(19(32)25-2)10-13-5-7-14(29)8-6-13/h5-8,12,15-16,29H,3-4,9-11H2,1-2H3,(H2,22,30)(H,25,32)(H,27,31)(H,28,33)(H4,23,24,26)/t12-,15-,16+/m0/s1. The molecule has 1 rings (SSSR count). The second-order valence-electron chi connectivity index (χ2n) is 7.63. The van der Waals surface area contributed by atoms with Gasteiger partial charge in [-0.05, 0) is 30.5 Å². The highest BCUT2D eigenvalue weighted by molar-refractivity contribution is 5.95. The van der Waals surface area contributed by atoms with E-state index >= 15 is 0 Å². The predicted molar refractivity (Wildman–Crippen MR) is 123 cm³/mol. The topological polar surface area (TPSA) is 215 Å². The Morgan fingerprint density at radius 1 is 0.970 bits per heavy atom. The molecule has 1 aromatic rings. The molecule has 0 heterocycles. The first-order valence-electron chi connectivity index (χ1n) is 10.5. The number of phenolic OH excluding ortho intramolecular Hbond substituents is 1. The molecular formula is C21H33N7O5. The molecule has 0 saturated carbocycles. The normalized spacial score (nSPS) is 13.2. The molecule has 0 aromatic heterocycles. The van der Waals surface area contributed by atoms with Crippen molar-refractivity contribution in [2.75, 3.05) is 13.6 Å². The number of hydrogen-bond donors (Lipinski definition) is 7. The van der Waals surface area contributed by atoms with Crippen LogP contribution < -0.4 is 33.2 Å². The zero-order valence-corrected chi connectivity index (χ0v) is 18.8. The van der Waals surface area contributed by atoms with Crippen molar-refractivity contribution in [3.05, 3.63) is 29.8 Å². The van der Waals surface area contributed by atoms with Gasteiger partial charge >= 0.3 is 0 Å². The Morgan fingerprint density at radius 2 is 1.58 bits per heavy atom. The van der Waals surface area contributed by atoms with Crippen molar-refractivity contribution < 1.29 is 24.3 Å². The summed E-state index contributed by atoms with van der Waals surface area (Å²) in [4.78, 5) is 53.0. The number of nitrogens with one attached hydrogen (secondary N) is 3. The van der Waals surface area contributed by atoms with Gasteiger partial charge in [0.1, 0.15) is 17.8 Å². The Labute approximate surface area is 192 Å². The number of primary amides is 1. The van der Waals surface area contributed by atoms with Gasteiger partial charge in [-0.25, -0.2) is 0 Å². The van der Waals surface area contributed by atoms with Crippen LogP contribution in [-0.4, -0.2) is 60.4 Å². The van der Waals surface area contributed by atoms with E-state index in [4.69, 9.17) is 17.2 Å². The van der Waals surface area contributed by atoms with Crippen molar-refractivity contribution in [2.24, 2.45) is 28.1 Å². The molecule has 12 heteroatoms. The Bertz CT molecular complexity index is 853. The van der Waals surface area contributed by atoms with Crippen LogP contribution in [0.1, 0.15) is 31.7 Å².